The Morgan fingerprint density at radius 2 is 1.75 bits per heavy atom. The number of hydrogen-bond acceptors (Lipinski definition) is 4. The Bertz CT molecular complexity index is 161. The van der Waals surface area contributed by atoms with Crippen LogP contribution in [0, 0.1) is 0 Å². The van der Waals surface area contributed by atoms with E-state index in [0.717, 1.165) is 0 Å². The van der Waals surface area contributed by atoms with Crippen LogP contribution in [-0.2, 0) is 9.53 Å². The Kier molecular flexibility index (Phi) is 3.67. The Balaban J connectivity index is 4.05. The lowest BCUT2D eigenvalue weighted by atomic mass is 10.1. The van der Waals surface area contributed by atoms with Crippen molar-refractivity contribution in [1.29, 1.82) is 0 Å². The first kappa shape index (κ1) is 11.4. The van der Waals surface area contributed by atoms with Gasteiger partial charge in [-0.2, -0.15) is 0 Å². The van der Waals surface area contributed by atoms with Crippen molar-refractivity contribution in [3.63, 3.8) is 0 Å². The molecule has 0 aliphatic rings. The molecule has 12 heavy (non-hydrogen) atoms. The van der Waals surface area contributed by atoms with Gasteiger partial charge in [0.25, 0.3) is 0 Å². The molecule has 0 saturated carbocycles. The number of rotatable bonds is 2. The standard InChI is InChI=1S/C8H18N2O2/c1-5(9)6(10)7(11)12-8(2,3)4/h5-6H,9-10H2,1-4H3/t5?,6-/m1/s1. The van der Waals surface area contributed by atoms with E-state index in [2.05, 4.69) is 0 Å². The first-order chi connectivity index (χ1) is 5.24. The van der Waals surface area contributed by atoms with E-state index in [1.165, 1.54) is 0 Å². The zero-order valence-electron chi connectivity index (χ0n) is 8.13. The van der Waals surface area contributed by atoms with Gasteiger partial charge in [-0.3, -0.25) is 4.79 Å². The van der Waals surface area contributed by atoms with Gasteiger partial charge in [0.1, 0.15) is 11.6 Å². The summed E-state index contributed by atoms with van der Waals surface area (Å²) in [6.07, 6.45) is 0. The largest absolute Gasteiger partial charge is 0.459 e. The molecule has 0 spiro atoms. The van der Waals surface area contributed by atoms with E-state index in [1.807, 2.05) is 0 Å². The highest BCUT2D eigenvalue weighted by Crippen LogP contribution is 2.08. The van der Waals surface area contributed by atoms with Crippen LogP contribution in [0.15, 0.2) is 0 Å². The fourth-order valence-corrected chi connectivity index (χ4v) is 0.584. The quantitative estimate of drug-likeness (QED) is 0.578. The minimum absolute atomic E-state index is 0.375. The minimum atomic E-state index is -0.732. The van der Waals surface area contributed by atoms with E-state index in [1.54, 1.807) is 27.7 Å². The van der Waals surface area contributed by atoms with Gasteiger partial charge in [0.15, 0.2) is 0 Å². The van der Waals surface area contributed by atoms with Crippen LogP contribution < -0.4 is 11.5 Å². The van der Waals surface area contributed by atoms with E-state index in [0.29, 0.717) is 0 Å². The van der Waals surface area contributed by atoms with Crippen molar-refractivity contribution in [3.8, 4) is 0 Å². The average molecular weight is 174 g/mol. The summed E-state index contributed by atoms with van der Waals surface area (Å²) < 4.78 is 5.02. The summed E-state index contributed by atoms with van der Waals surface area (Å²) in [4.78, 5) is 11.2. The van der Waals surface area contributed by atoms with Gasteiger partial charge in [0.2, 0.25) is 0 Å². The lowest BCUT2D eigenvalue weighted by molar-refractivity contribution is -0.156. The van der Waals surface area contributed by atoms with Gasteiger partial charge >= 0.3 is 5.97 Å². The average Bonchev–Trinajstić information content (AvgIpc) is 1.82. The molecule has 2 atom stereocenters. The topological polar surface area (TPSA) is 78.3 Å². The van der Waals surface area contributed by atoms with Gasteiger partial charge in [0, 0.05) is 6.04 Å². The predicted molar refractivity (Wildman–Crippen MR) is 47.5 cm³/mol. The second-order valence-electron chi connectivity index (χ2n) is 3.92. The van der Waals surface area contributed by atoms with Gasteiger partial charge in [-0.25, -0.2) is 0 Å². The van der Waals surface area contributed by atoms with E-state index >= 15 is 0 Å². The molecule has 0 heterocycles. The maximum Gasteiger partial charge on any atom is 0.325 e. The number of ether oxygens (including phenoxy) is 1. The Labute approximate surface area is 73.2 Å². The molecule has 0 aromatic heterocycles. The molecule has 1 unspecified atom stereocenters. The fourth-order valence-electron chi connectivity index (χ4n) is 0.584. The van der Waals surface area contributed by atoms with Gasteiger partial charge in [-0.15, -0.1) is 0 Å². The molecular weight excluding hydrogens is 156 g/mol. The van der Waals surface area contributed by atoms with Gasteiger partial charge in [0.05, 0.1) is 0 Å². The number of nitrogens with two attached hydrogens (primary N) is 2. The van der Waals surface area contributed by atoms with Crippen molar-refractivity contribution in [3.05, 3.63) is 0 Å². The molecule has 0 aromatic carbocycles. The fraction of sp³-hybridized carbons (Fsp3) is 0.875. The van der Waals surface area contributed by atoms with Crippen molar-refractivity contribution in [2.24, 2.45) is 11.5 Å². The number of hydrogen-bond donors (Lipinski definition) is 2. The van der Waals surface area contributed by atoms with Crippen LogP contribution >= 0.6 is 0 Å². The monoisotopic (exact) mass is 174 g/mol. The summed E-state index contributed by atoms with van der Waals surface area (Å²) in [7, 11) is 0. The molecule has 4 nitrogen and oxygen atoms in total. The summed E-state index contributed by atoms with van der Waals surface area (Å²) in [5, 5.41) is 0. The van der Waals surface area contributed by atoms with Crippen LogP contribution in [0.1, 0.15) is 27.7 Å². The molecule has 0 fully saturated rings. The smallest absolute Gasteiger partial charge is 0.325 e. The van der Waals surface area contributed by atoms with Crippen LogP contribution in [0.3, 0.4) is 0 Å². The summed E-state index contributed by atoms with van der Waals surface area (Å²) in [6.45, 7) is 7.05. The summed E-state index contributed by atoms with van der Waals surface area (Å²) in [6, 6.07) is -1.11. The molecule has 4 heteroatoms. The maximum absolute atomic E-state index is 11.2. The Morgan fingerprint density at radius 1 is 1.33 bits per heavy atom. The third-order valence-corrected chi connectivity index (χ3v) is 1.25. The lowest BCUT2D eigenvalue weighted by Gasteiger charge is -2.23. The zero-order chi connectivity index (χ0) is 9.94. The molecule has 0 bridgehead atoms. The molecule has 72 valence electrons. The van der Waals surface area contributed by atoms with E-state index in [-0.39, 0.29) is 6.04 Å². The van der Waals surface area contributed by atoms with Crippen LogP contribution in [-0.4, -0.2) is 23.7 Å². The number of carbonyl (C=O) groups excluding carboxylic acids is 1. The number of esters is 1. The molecule has 4 N–H and O–H groups in total. The first-order valence-corrected chi connectivity index (χ1v) is 3.98. The molecule has 0 amide bonds. The highest BCUT2D eigenvalue weighted by atomic mass is 16.6. The molecular formula is C8H18N2O2. The third kappa shape index (κ3) is 4.31. The molecule has 0 saturated heterocycles. The molecule has 0 aliphatic heterocycles. The van der Waals surface area contributed by atoms with Gasteiger partial charge in [-0.05, 0) is 27.7 Å². The third-order valence-electron chi connectivity index (χ3n) is 1.25. The molecule has 0 radical (unpaired) electrons. The zero-order valence-corrected chi connectivity index (χ0v) is 8.13. The number of carbonyl (C=O) groups is 1. The summed E-state index contributed by atoms with van der Waals surface area (Å²) in [5.74, 6) is -0.447. The maximum atomic E-state index is 11.2. The van der Waals surface area contributed by atoms with Crippen LogP contribution in [0.25, 0.3) is 0 Å². The van der Waals surface area contributed by atoms with E-state index in [9.17, 15) is 4.79 Å². The van der Waals surface area contributed by atoms with Gasteiger partial charge in [-0.1, -0.05) is 0 Å². The lowest BCUT2D eigenvalue weighted by Crippen LogP contribution is -2.48. The SMILES string of the molecule is CC(N)[C@@H](N)C(=O)OC(C)(C)C. The highest BCUT2D eigenvalue weighted by molar-refractivity contribution is 5.76. The second kappa shape index (κ2) is 3.87. The normalized spacial score (nSPS) is 16.8. The van der Waals surface area contributed by atoms with Crippen molar-refractivity contribution in [2.75, 3.05) is 0 Å². The van der Waals surface area contributed by atoms with Crippen LogP contribution in [0.4, 0.5) is 0 Å². The minimum Gasteiger partial charge on any atom is -0.459 e. The molecule has 0 aliphatic carbocycles. The summed E-state index contributed by atoms with van der Waals surface area (Å²) >= 11 is 0. The van der Waals surface area contributed by atoms with Crippen LogP contribution in [0.2, 0.25) is 0 Å². The van der Waals surface area contributed by atoms with Crippen molar-refractivity contribution in [2.45, 2.75) is 45.4 Å². The highest BCUT2D eigenvalue weighted by Gasteiger charge is 2.24. The van der Waals surface area contributed by atoms with Crippen molar-refractivity contribution < 1.29 is 9.53 Å². The van der Waals surface area contributed by atoms with Gasteiger partial charge < -0.3 is 16.2 Å². The Hall–Kier alpha value is -0.610. The molecule has 0 rings (SSSR count). The Morgan fingerprint density at radius 3 is 2.00 bits per heavy atom. The van der Waals surface area contributed by atoms with Crippen LogP contribution in [0.5, 0.6) is 0 Å². The summed E-state index contributed by atoms with van der Waals surface area (Å²) in [5.41, 5.74) is 10.4. The molecule has 0 aromatic rings. The van der Waals surface area contributed by atoms with Crippen molar-refractivity contribution >= 4 is 5.97 Å². The first-order valence-electron chi connectivity index (χ1n) is 3.98. The predicted octanol–water partition coefficient (Wildman–Crippen LogP) is 0.00260. The van der Waals surface area contributed by atoms with E-state index < -0.39 is 17.6 Å². The second-order valence-corrected chi connectivity index (χ2v) is 3.92. The van der Waals surface area contributed by atoms with Crippen molar-refractivity contribution in [1.82, 2.24) is 0 Å². The van der Waals surface area contributed by atoms with E-state index in [4.69, 9.17) is 16.2 Å².